The molecule has 118 valence electrons. The van der Waals surface area contributed by atoms with Gasteiger partial charge in [-0.3, -0.25) is 0 Å². The molecule has 0 atom stereocenters. The molecule has 1 N–H and O–H groups in total. The number of nitrogens with zero attached hydrogens (tertiary/aromatic N) is 1. The summed E-state index contributed by atoms with van der Waals surface area (Å²) in [5, 5.41) is 13.6. The lowest BCUT2D eigenvalue weighted by atomic mass is 10.0. The van der Waals surface area contributed by atoms with Crippen LogP contribution in [0.2, 0.25) is 0 Å². The quantitative estimate of drug-likeness (QED) is 0.795. The number of ether oxygens (including phenoxy) is 1. The van der Waals surface area contributed by atoms with E-state index in [0.717, 1.165) is 12.1 Å². The van der Waals surface area contributed by atoms with Crippen molar-refractivity contribution in [1.29, 1.82) is 0 Å². The first-order valence-corrected chi connectivity index (χ1v) is 6.83. The van der Waals surface area contributed by atoms with Gasteiger partial charge in [-0.05, 0) is 36.4 Å². The normalized spacial score (nSPS) is 10.8. The van der Waals surface area contributed by atoms with E-state index in [1.165, 1.54) is 6.07 Å². The van der Waals surface area contributed by atoms with Gasteiger partial charge in [0.15, 0.2) is 5.76 Å². The zero-order valence-corrected chi connectivity index (χ0v) is 12.2. The van der Waals surface area contributed by atoms with E-state index >= 15 is 0 Å². The summed E-state index contributed by atoms with van der Waals surface area (Å²) >= 11 is 0. The standard InChI is InChI=1S/C17H13F2NO3/c1-22-12-5-2-10(3-6-12)16-14(9-21)17(23-20-16)13-7-4-11(18)8-15(13)19/h2-8,21H,9H2,1H3. The van der Waals surface area contributed by atoms with Crippen molar-refractivity contribution in [2.24, 2.45) is 0 Å². The van der Waals surface area contributed by atoms with Gasteiger partial charge in [-0.15, -0.1) is 0 Å². The largest absolute Gasteiger partial charge is 0.497 e. The number of halogens is 2. The van der Waals surface area contributed by atoms with Crippen LogP contribution in [0.1, 0.15) is 5.56 Å². The second kappa shape index (κ2) is 6.18. The van der Waals surface area contributed by atoms with Crippen molar-refractivity contribution in [2.45, 2.75) is 6.61 Å². The van der Waals surface area contributed by atoms with Crippen LogP contribution in [0.25, 0.3) is 22.6 Å². The molecule has 1 heterocycles. The first-order chi connectivity index (χ1) is 11.1. The molecule has 1 aromatic heterocycles. The van der Waals surface area contributed by atoms with E-state index in [2.05, 4.69) is 5.16 Å². The summed E-state index contributed by atoms with van der Waals surface area (Å²) in [6.07, 6.45) is 0. The second-order valence-corrected chi connectivity index (χ2v) is 4.85. The number of rotatable bonds is 4. The highest BCUT2D eigenvalue weighted by Crippen LogP contribution is 2.34. The maximum Gasteiger partial charge on any atom is 0.175 e. The van der Waals surface area contributed by atoms with Gasteiger partial charge in [0.05, 0.1) is 24.8 Å². The number of hydrogen-bond donors (Lipinski definition) is 1. The number of aliphatic hydroxyl groups is 1. The monoisotopic (exact) mass is 317 g/mol. The number of benzene rings is 2. The van der Waals surface area contributed by atoms with Crippen LogP contribution in [-0.2, 0) is 6.61 Å². The molecule has 0 fully saturated rings. The molecule has 0 aliphatic carbocycles. The fourth-order valence-electron chi connectivity index (χ4n) is 2.32. The molecule has 0 saturated heterocycles. The van der Waals surface area contributed by atoms with Gasteiger partial charge in [0.1, 0.15) is 23.1 Å². The average Bonchev–Trinajstić information content (AvgIpc) is 2.98. The van der Waals surface area contributed by atoms with Gasteiger partial charge in [0.25, 0.3) is 0 Å². The zero-order chi connectivity index (χ0) is 16.4. The highest BCUT2D eigenvalue weighted by atomic mass is 19.1. The summed E-state index contributed by atoms with van der Waals surface area (Å²) in [7, 11) is 1.56. The van der Waals surface area contributed by atoms with E-state index in [-0.39, 0.29) is 11.3 Å². The van der Waals surface area contributed by atoms with Crippen molar-refractivity contribution in [3.05, 3.63) is 59.7 Å². The lowest BCUT2D eigenvalue weighted by Gasteiger charge is -2.04. The molecule has 0 spiro atoms. The molecule has 0 bridgehead atoms. The molecule has 0 radical (unpaired) electrons. The van der Waals surface area contributed by atoms with Crippen LogP contribution in [0.3, 0.4) is 0 Å². The summed E-state index contributed by atoms with van der Waals surface area (Å²) in [5.74, 6) is -0.716. The Morgan fingerprint density at radius 3 is 2.48 bits per heavy atom. The Bertz CT molecular complexity index is 828. The van der Waals surface area contributed by atoms with Gasteiger partial charge in [0, 0.05) is 11.6 Å². The molecule has 2 aromatic carbocycles. The predicted octanol–water partition coefficient (Wildman–Crippen LogP) is 3.79. The van der Waals surface area contributed by atoms with Crippen LogP contribution in [0.5, 0.6) is 5.75 Å². The number of hydrogen-bond acceptors (Lipinski definition) is 4. The van der Waals surface area contributed by atoms with Crippen LogP contribution in [0.15, 0.2) is 47.0 Å². The smallest absolute Gasteiger partial charge is 0.175 e. The van der Waals surface area contributed by atoms with Crippen molar-refractivity contribution >= 4 is 0 Å². The van der Waals surface area contributed by atoms with Crippen molar-refractivity contribution in [2.75, 3.05) is 7.11 Å². The lowest BCUT2D eigenvalue weighted by Crippen LogP contribution is -1.92. The number of methoxy groups -OCH3 is 1. The Hall–Kier alpha value is -2.73. The highest BCUT2D eigenvalue weighted by Gasteiger charge is 2.21. The molecule has 0 aliphatic heterocycles. The fraction of sp³-hybridized carbons (Fsp3) is 0.118. The SMILES string of the molecule is COc1ccc(-c2noc(-c3ccc(F)cc3F)c2CO)cc1. The van der Waals surface area contributed by atoms with Crippen molar-refractivity contribution < 1.29 is 23.1 Å². The van der Waals surface area contributed by atoms with Gasteiger partial charge < -0.3 is 14.4 Å². The van der Waals surface area contributed by atoms with Gasteiger partial charge in [-0.2, -0.15) is 0 Å². The topological polar surface area (TPSA) is 55.5 Å². The van der Waals surface area contributed by atoms with Crippen LogP contribution < -0.4 is 4.74 Å². The van der Waals surface area contributed by atoms with Gasteiger partial charge in [-0.1, -0.05) is 5.16 Å². The average molecular weight is 317 g/mol. The van der Waals surface area contributed by atoms with E-state index in [1.54, 1.807) is 31.4 Å². The Balaban J connectivity index is 2.09. The molecular formula is C17H13F2NO3. The Morgan fingerprint density at radius 2 is 1.87 bits per heavy atom. The third-order valence-electron chi connectivity index (χ3n) is 3.49. The number of aliphatic hydroxyl groups excluding tert-OH is 1. The maximum atomic E-state index is 13.9. The summed E-state index contributed by atoms with van der Waals surface area (Å²) < 4.78 is 37.3. The molecule has 0 unspecified atom stereocenters. The predicted molar refractivity (Wildman–Crippen MR) is 79.8 cm³/mol. The van der Waals surface area contributed by atoms with Crippen molar-refractivity contribution in [3.8, 4) is 28.3 Å². The van der Waals surface area contributed by atoms with Gasteiger partial charge in [0.2, 0.25) is 0 Å². The van der Waals surface area contributed by atoms with E-state index in [9.17, 15) is 13.9 Å². The number of aromatic nitrogens is 1. The molecule has 4 nitrogen and oxygen atoms in total. The Morgan fingerprint density at radius 1 is 1.13 bits per heavy atom. The second-order valence-electron chi connectivity index (χ2n) is 4.85. The molecule has 3 aromatic rings. The third kappa shape index (κ3) is 2.80. The lowest BCUT2D eigenvalue weighted by molar-refractivity contribution is 0.281. The van der Waals surface area contributed by atoms with E-state index in [0.29, 0.717) is 22.6 Å². The van der Waals surface area contributed by atoms with Crippen LogP contribution in [-0.4, -0.2) is 17.4 Å². The fourth-order valence-corrected chi connectivity index (χ4v) is 2.32. The molecule has 0 amide bonds. The minimum atomic E-state index is -0.780. The van der Waals surface area contributed by atoms with Crippen molar-refractivity contribution in [3.63, 3.8) is 0 Å². The third-order valence-corrected chi connectivity index (χ3v) is 3.49. The summed E-state index contributed by atoms with van der Waals surface area (Å²) in [6, 6.07) is 10.1. The van der Waals surface area contributed by atoms with Crippen LogP contribution >= 0.6 is 0 Å². The van der Waals surface area contributed by atoms with E-state index in [1.807, 2.05) is 0 Å². The minimum Gasteiger partial charge on any atom is -0.497 e. The molecule has 6 heteroatoms. The van der Waals surface area contributed by atoms with E-state index < -0.39 is 18.2 Å². The Kier molecular flexibility index (Phi) is 4.08. The van der Waals surface area contributed by atoms with Gasteiger partial charge >= 0.3 is 0 Å². The molecule has 0 saturated carbocycles. The van der Waals surface area contributed by atoms with Crippen LogP contribution in [0.4, 0.5) is 8.78 Å². The first kappa shape index (κ1) is 15.2. The summed E-state index contributed by atoms with van der Waals surface area (Å²) in [6.45, 7) is -0.392. The molecule has 3 rings (SSSR count). The maximum absolute atomic E-state index is 13.9. The van der Waals surface area contributed by atoms with E-state index in [4.69, 9.17) is 9.26 Å². The first-order valence-electron chi connectivity index (χ1n) is 6.83. The summed E-state index contributed by atoms with van der Waals surface area (Å²) in [5.41, 5.74) is 1.46. The Labute approximate surface area is 130 Å². The van der Waals surface area contributed by atoms with Crippen LogP contribution in [0, 0.1) is 11.6 Å². The van der Waals surface area contributed by atoms with Crippen molar-refractivity contribution in [1.82, 2.24) is 5.16 Å². The summed E-state index contributed by atoms with van der Waals surface area (Å²) in [4.78, 5) is 0. The zero-order valence-electron chi connectivity index (χ0n) is 12.2. The molecular weight excluding hydrogens is 304 g/mol. The molecule has 0 aliphatic rings. The molecule has 23 heavy (non-hydrogen) atoms. The van der Waals surface area contributed by atoms with Gasteiger partial charge in [-0.25, -0.2) is 8.78 Å². The highest BCUT2D eigenvalue weighted by molar-refractivity contribution is 5.73. The minimum absolute atomic E-state index is 0.0442.